The monoisotopic (exact) mass is 388 g/mol. The second-order valence-electron chi connectivity index (χ2n) is 5.54. The van der Waals surface area contributed by atoms with Crippen molar-refractivity contribution in [3.05, 3.63) is 71.8 Å². The molecule has 0 aliphatic rings. The van der Waals surface area contributed by atoms with Crippen LogP contribution in [0.1, 0.15) is 45.7 Å². The fraction of sp³-hybridized carbons (Fsp3) is 0.391. The summed E-state index contributed by atoms with van der Waals surface area (Å²) in [7, 11) is 0. The fourth-order valence-corrected chi connectivity index (χ4v) is 1.97. The maximum atomic E-state index is 10.8. The van der Waals surface area contributed by atoms with Crippen molar-refractivity contribution in [2.45, 2.75) is 59.5 Å². The van der Waals surface area contributed by atoms with Crippen molar-refractivity contribution in [2.75, 3.05) is 0 Å². The van der Waals surface area contributed by atoms with Crippen LogP contribution in [0.2, 0.25) is 0 Å². The van der Waals surface area contributed by atoms with E-state index in [1.165, 1.54) is 6.92 Å². The summed E-state index contributed by atoms with van der Waals surface area (Å²) in [6, 6.07) is 18.0. The number of hydrogen-bond donors (Lipinski definition) is 3. The van der Waals surface area contributed by atoms with E-state index in [1.54, 1.807) is 0 Å². The number of nitrogens with two attached hydrogens (primary N) is 2. The van der Waals surface area contributed by atoms with Crippen LogP contribution in [-0.4, -0.2) is 28.9 Å². The predicted molar refractivity (Wildman–Crippen MR) is 117 cm³/mol. The zero-order chi connectivity index (χ0) is 21.9. The zero-order valence-corrected chi connectivity index (χ0v) is 17.8. The van der Waals surface area contributed by atoms with Crippen molar-refractivity contribution < 1.29 is 14.7 Å². The van der Waals surface area contributed by atoms with Crippen molar-refractivity contribution in [1.29, 1.82) is 0 Å². The molecule has 0 aromatic heterocycles. The Morgan fingerprint density at radius 1 is 0.750 bits per heavy atom. The van der Waals surface area contributed by atoms with Gasteiger partial charge in [-0.1, -0.05) is 88.4 Å². The summed E-state index contributed by atoms with van der Waals surface area (Å²) in [4.78, 5) is 21.2. The molecular weight excluding hydrogens is 352 g/mol. The van der Waals surface area contributed by atoms with E-state index in [4.69, 9.17) is 16.6 Å². The van der Waals surface area contributed by atoms with E-state index in [-0.39, 0.29) is 11.8 Å². The first kappa shape index (κ1) is 27.7. The average molecular weight is 389 g/mol. The lowest BCUT2D eigenvalue weighted by Crippen LogP contribution is -2.32. The minimum Gasteiger partial charge on any atom is -0.480 e. The molecule has 156 valence electrons. The molecule has 28 heavy (non-hydrogen) atoms. The lowest BCUT2D eigenvalue weighted by Gasteiger charge is -2.06. The summed E-state index contributed by atoms with van der Waals surface area (Å²) in [6.45, 7) is 9.52. The Morgan fingerprint density at radius 2 is 1.07 bits per heavy atom. The van der Waals surface area contributed by atoms with Crippen LogP contribution in [0.15, 0.2) is 60.7 Å². The third-order valence-corrected chi connectivity index (χ3v) is 3.44. The molecule has 0 bridgehead atoms. The molecule has 0 amide bonds. The van der Waals surface area contributed by atoms with Gasteiger partial charge < -0.3 is 16.6 Å². The molecule has 0 aliphatic carbocycles. The van der Waals surface area contributed by atoms with Crippen molar-refractivity contribution in [1.82, 2.24) is 0 Å². The highest BCUT2D eigenvalue weighted by molar-refractivity contribution is 5.81. The van der Waals surface area contributed by atoms with Crippen LogP contribution in [0.3, 0.4) is 0 Å². The Labute approximate surface area is 169 Å². The maximum absolute atomic E-state index is 10.8. The molecule has 0 unspecified atom stereocenters. The van der Waals surface area contributed by atoms with Gasteiger partial charge in [-0.3, -0.25) is 9.59 Å². The first-order valence-corrected chi connectivity index (χ1v) is 9.72. The number of carbonyl (C=O) groups excluding carboxylic acids is 1. The molecule has 0 radical (unpaired) electrons. The van der Waals surface area contributed by atoms with Crippen LogP contribution in [0, 0.1) is 0 Å². The summed E-state index contributed by atoms with van der Waals surface area (Å²) in [6.07, 6.45) is 1.02. The smallest absolute Gasteiger partial charge is 0.320 e. The number of carboxylic acids is 1. The van der Waals surface area contributed by atoms with E-state index < -0.39 is 12.0 Å². The molecule has 5 heteroatoms. The van der Waals surface area contributed by atoms with Gasteiger partial charge in [0.05, 0.1) is 6.04 Å². The van der Waals surface area contributed by atoms with E-state index >= 15 is 0 Å². The molecule has 5 nitrogen and oxygen atoms in total. The first-order chi connectivity index (χ1) is 13.4. The third kappa shape index (κ3) is 13.7. The Morgan fingerprint density at radius 3 is 1.36 bits per heavy atom. The Bertz CT molecular complexity index is 573. The molecule has 0 heterocycles. The molecule has 2 atom stereocenters. The highest BCUT2D eigenvalue weighted by atomic mass is 16.4. The summed E-state index contributed by atoms with van der Waals surface area (Å²) < 4.78 is 0. The molecule has 2 aromatic carbocycles. The van der Waals surface area contributed by atoms with Crippen LogP contribution in [-0.2, 0) is 22.4 Å². The predicted octanol–water partition coefficient (Wildman–Crippen LogP) is 3.84. The second kappa shape index (κ2) is 17.9. The van der Waals surface area contributed by atoms with Gasteiger partial charge in [0.1, 0.15) is 11.8 Å². The summed E-state index contributed by atoms with van der Waals surface area (Å²) in [5.74, 6) is -0.919. The topological polar surface area (TPSA) is 106 Å². The standard InChI is InChI=1S/C10H13NO.C9H11NO2.2C2H6/c1-8(12)10(11)7-9-5-3-2-4-6-9;10-8(9(11)12)6-7-4-2-1-3-5-7;2*1-2/h2-6,10H,7,11H2,1H3;1-5,8H,6,10H2,(H,11,12);2*1-2H3/t10-;8-;;/m10../s1. The van der Waals surface area contributed by atoms with Crippen LogP contribution >= 0.6 is 0 Å². The van der Waals surface area contributed by atoms with Gasteiger partial charge >= 0.3 is 5.97 Å². The van der Waals surface area contributed by atoms with Crippen LogP contribution in [0.25, 0.3) is 0 Å². The van der Waals surface area contributed by atoms with E-state index in [2.05, 4.69) is 0 Å². The van der Waals surface area contributed by atoms with Crippen LogP contribution < -0.4 is 11.5 Å². The molecule has 2 rings (SSSR count). The second-order valence-corrected chi connectivity index (χ2v) is 5.54. The van der Waals surface area contributed by atoms with E-state index in [9.17, 15) is 9.59 Å². The molecule has 0 saturated heterocycles. The molecule has 5 N–H and O–H groups in total. The van der Waals surface area contributed by atoms with E-state index in [0.29, 0.717) is 12.8 Å². The third-order valence-electron chi connectivity index (χ3n) is 3.44. The van der Waals surface area contributed by atoms with Gasteiger partial charge in [0, 0.05) is 0 Å². The first-order valence-electron chi connectivity index (χ1n) is 9.72. The van der Waals surface area contributed by atoms with Gasteiger partial charge in [0.15, 0.2) is 0 Å². The quantitative estimate of drug-likeness (QED) is 0.697. The highest BCUT2D eigenvalue weighted by Crippen LogP contribution is 2.02. The number of benzene rings is 2. The largest absolute Gasteiger partial charge is 0.480 e. The Balaban J connectivity index is 0. The Hall–Kier alpha value is -2.50. The zero-order valence-electron chi connectivity index (χ0n) is 17.8. The minimum atomic E-state index is -0.959. The maximum Gasteiger partial charge on any atom is 0.320 e. The minimum absolute atomic E-state index is 0.0406. The molecule has 2 aromatic rings. The number of ketones is 1. The van der Waals surface area contributed by atoms with Gasteiger partial charge in [-0.2, -0.15) is 0 Å². The summed E-state index contributed by atoms with van der Waals surface area (Å²) in [5, 5.41) is 8.52. The van der Waals surface area contributed by atoms with Gasteiger partial charge in [-0.15, -0.1) is 0 Å². The van der Waals surface area contributed by atoms with Crippen LogP contribution in [0.5, 0.6) is 0 Å². The van der Waals surface area contributed by atoms with Crippen molar-refractivity contribution in [3.63, 3.8) is 0 Å². The lowest BCUT2D eigenvalue weighted by molar-refractivity contribution is -0.138. The summed E-state index contributed by atoms with van der Waals surface area (Å²) in [5.41, 5.74) is 13.0. The highest BCUT2D eigenvalue weighted by Gasteiger charge is 2.11. The average Bonchev–Trinajstić information content (AvgIpc) is 2.73. The molecule has 0 spiro atoms. The summed E-state index contributed by atoms with van der Waals surface area (Å²) >= 11 is 0. The van der Waals surface area contributed by atoms with E-state index in [0.717, 1.165) is 11.1 Å². The number of carbonyl (C=O) groups is 2. The number of carboxylic acid groups (broad SMARTS) is 1. The van der Waals surface area contributed by atoms with Crippen molar-refractivity contribution >= 4 is 11.8 Å². The normalized spacial score (nSPS) is 11.1. The molecular formula is C23H36N2O3. The van der Waals surface area contributed by atoms with Crippen molar-refractivity contribution in [2.24, 2.45) is 11.5 Å². The van der Waals surface area contributed by atoms with Crippen LogP contribution in [0.4, 0.5) is 0 Å². The fourth-order valence-electron chi connectivity index (χ4n) is 1.97. The molecule has 0 aliphatic heterocycles. The lowest BCUT2D eigenvalue weighted by atomic mass is 10.0. The number of Topliss-reactive ketones (excluding diaryl/α,β-unsaturated/α-hetero) is 1. The SMILES string of the molecule is CC.CC.CC(=O)[C@H](N)Cc1ccccc1.N[C@@H](Cc1ccccc1)C(=O)O. The number of hydrogen-bond acceptors (Lipinski definition) is 4. The number of rotatable bonds is 6. The van der Waals surface area contributed by atoms with Gasteiger partial charge in [-0.05, 0) is 30.9 Å². The van der Waals surface area contributed by atoms with Crippen molar-refractivity contribution in [3.8, 4) is 0 Å². The van der Waals surface area contributed by atoms with Gasteiger partial charge in [-0.25, -0.2) is 0 Å². The van der Waals surface area contributed by atoms with E-state index in [1.807, 2.05) is 88.4 Å². The number of aliphatic carboxylic acids is 1. The Kier molecular flexibility index (Phi) is 17.7. The molecule has 0 saturated carbocycles. The molecule has 0 fully saturated rings. The van der Waals surface area contributed by atoms with Gasteiger partial charge in [0.25, 0.3) is 0 Å². The van der Waals surface area contributed by atoms with Gasteiger partial charge in [0.2, 0.25) is 0 Å².